The number of aromatic nitrogens is 2. The van der Waals surface area contributed by atoms with Crippen LogP contribution >= 0.6 is 0 Å². The Morgan fingerprint density at radius 1 is 1.10 bits per heavy atom. The molecule has 3 fully saturated rings. The van der Waals surface area contributed by atoms with Crippen molar-refractivity contribution in [3.05, 3.63) is 36.5 Å². The molecule has 3 heterocycles. The first-order valence-corrected chi connectivity index (χ1v) is 21.4. The van der Waals surface area contributed by atoms with Gasteiger partial charge in [-0.3, -0.25) is 23.9 Å². The molecule has 1 saturated heterocycles. The van der Waals surface area contributed by atoms with Crippen LogP contribution in [0.1, 0.15) is 98.8 Å². The van der Waals surface area contributed by atoms with Gasteiger partial charge in [-0.15, -0.1) is 0 Å². The second-order valence-electron chi connectivity index (χ2n) is 17.3. The van der Waals surface area contributed by atoms with Gasteiger partial charge in [0.1, 0.15) is 11.9 Å². The number of carbonyl (C=O) groups excluding carboxylic acids is 4. The number of hydrogen-bond donors (Lipinski definition) is 1. The van der Waals surface area contributed by atoms with E-state index in [1.165, 1.54) is 18.2 Å². The number of allylic oxidation sites excluding steroid dienone is 2. The molecule has 1 N–H and O–H groups in total. The Bertz CT molecular complexity index is 2070. The smallest absolute Gasteiger partial charge is 0.427 e. The van der Waals surface area contributed by atoms with Crippen molar-refractivity contribution in [1.29, 1.82) is 0 Å². The minimum absolute atomic E-state index is 0.0199. The predicted octanol–water partition coefficient (Wildman–Crippen LogP) is 6.24. The molecule has 318 valence electrons. The van der Waals surface area contributed by atoms with Gasteiger partial charge in [-0.25, -0.2) is 18.4 Å². The van der Waals surface area contributed by atoms with Crippen LogP contribution < -0.4 is 14.2 Å². The van der Waals surface area contributed by atoms with Crippen LogP contribution in [0.4, 0.5) is 13.2 Å². The molecule has 7 atom stereocenters. The van der Waals surface area contributed by atoms with Gasteiger partial charge in [0.25, 0.3) is 0 Å². The SMILES string of the molecule is CC[C@@H]1C[C@H](C)CC/C=C\[C@@H]2C[C@@]2(C(=O)NS(=O)(=O)C2(C)CC2)CC(=O)[C@@H]2C[C@@H](Oc3cnc4ccc(OC)cc4n3)CN2C(=O)[C@H]1CC(=O)OC(C)(C)C(F)(F)F. The summed E-state index contributed by atoms with van der Waals surface area (Å²) in [4.78, 5) is 67.1. The summed E-state index contributed by atoms with van der Waals surface area (Å²) in [7, 11) is -2.52. The number of halogens is 3. The van der Waals surface area contributed by atoms with Gasteiger partial charge in [-0.1, -0.05) is 32.4 Å². The lowest BCUT2D eigenvalue weighted by Gasteiger charge is -2.34. The maximum absolute atomic E-state index is 14.9. The zero-order valence-electron chi connectivity index (χ0n) is 33.8. The predicted molar refractivity (Wildman–Crippen MR) is 206 cm³/mol. The van der Waals surface area contributed by atoms with Crippen LogP contribution in [-0.2, 0) is 33.9 Å². The van der Waals surface area contributed by atoms with Crippen molar-refractivity contribution >= 4 is 44.6 Å². The van der Waals surface area contributed by atoms with Crippen LogP contribution in [0.25, 0.3) is 11.0 Å². The van der Waals surface area contributed by atoms with Crippen molar-refractivity contribution < 1.29 is 55.0 Å². The molecule has 2 aliphatic heterocycles. The Morgan fingerprint density at radius 2 is 1.83 bits per heavy atom. The lowest BCUT2D eigenvalue weighted by atomic mass is 9.79. The topological polar surface area (TPSA) is 171 Å². The number of methoxy groups -OCH3 is 1. The van der Waals surface area contributed by atoms with Gasteiger partial charge >= 0.3 is 12.1 Å². The van der Waals surface area contributed by atoms with Gasteiger partial charge in [-0.05, 0) is 89.2 Å². The van der Waals surface area contributed by atoms with E-state index in [-0.39, 0.29) is 37.6 Å². The average Bonchev–Trinajstić information content (AvgIpc) is 4.03. The van der Waals surface area contributed by atoms with Crippen molar-refractivity contribution in [2.45, 2.75) is 127 Å². The lowest BCUT2D eigenvalue weighted by molar-refractivity contribution is -0.257. The van der Waals surface area contributed by atoms with E-state index in [0.29, 0.717) is 55.3 Å². The summed E-state index contributed by atoms with van der Waals surface area (Å²) in [6.45, 7) is 6.73. The number of amides is 2. The van der Waals surface area contributed by atoms with Gasteiger partial charge in [0, 0.05) is 18.9 Å². The number of hydrogen-bond acceptors (Lipinski definition) is 11. The van der Waals surface area contributed by atoms with Gasteiger partial charge in [-0.2, -0.15) is 13.2 Å². The summed E-state index contributed by atoms with van der Waals surface area (Å²) in [5.41, 5.74) is -3.17. The quantitative estimate of drug-likeness (QED) is 0.212. The standard InChI is InChI=1S/C41H53F3N4O9S/c1-7-25-16-24(2)10-8-9-11-26-20-40(26,37(52)47-58(53,54)39(5)14-15-39)21-33(49)32-18-28(56-34-22-45-30-13-12-27(55-6)17-31(30)46-34)23-48(32)36(51)29(25)19-35(50)57-38(3,4)41(42,43)44/h9,11-13,17,22,24-26,28-29,32H,7-8,10,14-16,18-21,23H2,1-6H3,(H,47,52)/b11-9-/t24-,25-,26-,28-,29+,32+,40-/m1/s1. The van der Waals surface area contributed by atoms with Gasteiger partial charge in [0.2, 0.25) is 33.3 Å². The van der Waals surface area contributed by atoms with Gasteiger partial charge < -0.3 is 19.1 Å². The Kier molecular flexibility index (Phi) is 12.0. The number of fused-ring (bicyclic) bond motifs is 3. The van der Waals surface area contributed by atoms with Crippen LogP contribution in [0.2, 0.25) is 0 Å². The zero-order chi connectivity index (χ0) is 42.4. The van der Waals surface area contributed by atoms with E-state index in [1.807, 2.05) is 26.0 Å². The van der Waals surface area contributed by atoms with Crippen LogP contribution in [-0.4, -0.2) is 89.2 Å². The highest BCUT2D eigenvalue weighted by molar-refractivity contribution is 7.91. The molecule has 2 aliphatic carbocycles. The molecule has 0 spiro atoms. The second-order valence-corrected chi connectivity index (χ2v) is 19.5. The Hall–Kier alpha value is -4.28. The zero-order valence-corrected chi connectivity index (χ0v) is 34.6. The Morgan fingerprint density at radius 3 is 2.48 bits per heavy atom. The first-order valence-electron chi connectivity index (χ1n) is 19.9. The van der Waals surface area contributed by atoms with Gasteiger partial charge in [0.15, 0.2) is 5.78 Å². The number of sulfonamides is 1. The van der Waals surface area contributed by atoms with Crippen LogP contribution in [0.3, 0.4) is 0 Å². The third kappa shape index (κ3) is 8.98. The molecule has 58 heavy (non-hydrogen) atoms. The molecule has 2 saturated carbocycles. The highest BCUT2D eigenvalue weighted by atomic mass is 32.2. The number of esters is 1. The maximum atomic E-state index is 14.9. The third-order valence-electron chi connectivity index (χ3n) is 12.6. The molecule has 0 bridgehead atoms. The number of Topliss-reactive ketones (excluding diaryl/α,β-unsaturated/α-hetero) is 1. The third-order valence-corrected chi connectivity index (χ3v) is 14.7. The number of ether oxygens (including phenoxy) is 3. The fourth-order valence-electron chi connectivity index (χ4n) is 8.23. The van der Waals surface area contributed by atoms with Gasteiger partial charge in [0.05, 0.1) is 59.4 Å². The molecule has 0 radical (unpaired) electrons. The molecule has 1 aromatic carbocycles. The van der Waals surface area contributed by atoms with Crippen LogP contribution in [0.5, 0.6) is 11.6 Å². The summed E-state index contributed by atoms with van der Waals surface area (Å²) >= 11 is 0. The summed E-state index contributed by atoms with van der Waals surface area (Å²) in [6.07, 6.45) is 1.59. The number of carbonyl (C=O) groups is 4. The summed E-state index contributed by atoms with van der Waals surface area (Å²) < 4.78 is 85.5. The highest BCUT2D eigenvalue weighted by Crippen LogP contribution is 2.58. The highest BCUT2D eigenvalue weighted by Gasteiger charge is 2.63. The molecular formula is C41H53F3N4O9S. The molecular weight excluding hydrogens is 782 g/mol. The van der Waals surface area contributed by atoms with Crippen LogP contribution in [0.15, 0.2) is 36.5 Å². The number of nitrogens with zero attached hydrogens (tertiary/aromatic N) is 3. The molecule has 1 aromatic heterocycles. The average molecular weight is 835 g/mol. The molecule has 17 heteroatoms. The van der Waals surface area contributed by atoms with E-state index in [9.17, 15) is 40.8 Å². The fourth-order valence-corrected chi connectivity index (χ4v) is 9.57. The number of rotatable bonds is 10. The Balaban J connectivity index is 1.35. The van der Waals surface area contributed by atoms with E-state index in [2.05, 4.69) is 14.7 Å². The summed E-state index contributed by atoms with van der Waals surface area (Å²) in [5.74, 6) is -4.49. The van der Waals surface area contributed by atoms with E-state index in [4.69, 9.17) is 14.2 Å². The summed E-state index contributed by atoms with van der Waals surface area (Å²) in [6, 6.07) is 3.95. The molecule has 2 aromatic rings. The van der Waals surface area contributed by atoms with Crippen molar-refractivity contribution in [3.63, 3.8) is 0 Å². The van der Waals surface area contributed by atoms with E-state index in [0.717, 1.165) is 13.8 Å². The van der Waals surface area contributed by atoms with E-state index < -0.39 is 91.8 Å². The summed E-state index contributed by atoms with van der Waals surface area (Å²) in [5, 5.41) is 0. The Labute approximate surface area is 336 Å². The van der Waals surface area contributed by atoms with Crippen molar-refractivity contribution in [1.82, 2.24) is 19.6 Å². The maximum Gasteiger partial charge on any atom is 0.427 e. The number of ketones is 1. The van der Waals surface area contributed by atoms with Crippen LogP contribution in [0, 0.1) is 29.1 Å². The van der Waals surface area contributed by atoms with Crippen molar-refractivity contribution in [2.75, 3.05) is 13.7 Å². The normalized spacial score (nSPS) is 29.6. The second kappa shape index (κ2) is 16.1. The number of alkyl halides is 3. The molecule has 0 unspecified atom stereocenters. The number of benzene rings is 1. The molecule has 13 nitrogen and oxygen atoms in total. The van der Waals surface area contributed by atoms with Crippen molar-refractivity contribution in [2.24, 2.45) is 29.1 Å². The van der Waals surface area contributed by atoms with Crippen molar-refractivity contribution in [3.8, 4) is 11.6 Å². The molecule has 4 aliphatic rings. The fraction of sp³-hybridized carbons (Fsp3) is 0.659. The first kappa shape index (κ1) is 43.3. The minimum atomic E-state index is -4.87. The largest absolute Gasteiger partial charge is 0.497 e. The lowest BCUT2D eigenvalue weighted by Crippen LogP contribution is -2.49. The van der Waals surface area contributed by atoms with E-state index >= 15 is 0 Å². The number of nitrogens with one attached hydrogen (secondary N) is 1. The first-order chi connectivity index (χ1) is 27.1. The minimum Gasteiger partial charge on any atom is -0.497 e. The van der Waals surface area contributed by atoms with E-state index in [1.54, 1.807) is 25.1 Å². The molecule has 2 amide bonds. The monoisotopic (exact) mass is 834 g/mol. The molecule has 6 rings (SSSR count).